The second-order valence-corrected chi connectivity index (χ2v) is 6.66. The Bertz CT molecular complexity index is 238. The molecular formula is C15H28O. The molecule has 2 aliphatic carbocycles. The Balaban J connectivity index is 2.21. The van der Waals surface area contributed by atoms with Crippen molar-refractivity contribution in [2.75, 3.05) is 6.61 Å². The average molecular weight is 224 g/mol. The Morgan fingerprint density at radius 1 is 1.12 bits per heavy atom. The summed E-state index contributed by atoms with van der Waals surface area (Å²) < 4.78 is 0. The van der Waals surface area contributed by atoms with Gasteiger partial charge in [-0.3, -0.25) is 0 Å². The highest BCUT2D eigenvalue weighted by atomic mass is 16.3. The third-order valence-corrected chi connectivity index (χ3v) is 5.82. The zero-order chi connectivity index (χ0) is 11.8. The third-order valence-electron chi connectivity index (χ3n) is 5.82. The second kappa shape index (κ2) is 4.68. The lowest BCUT2D eigenvalue weighted by Crippen LogP contribution is -2.47. The predicted molar refractivity (Wildman–Crippen MR) is 68.2 cm³/mol. The lowest BCUT2D eigenvalue weighted by molar-refractivity contribution is -0.0644. The van der Waals surface area contributed by atoms with Crippen LogP contribution in [-0.2, 0) is 0 Å². The van der Waals surface area contributed by atoms with Gasteiger partial charge in [-0.2, -0.15) is 0 Å². The van der Waals surface area contributed by atoms with E-state index < -0.39 is 0 Å². The summed E-state index contributed by atoms with van der Waals surface area (Å²) in [5, 5.41) is 9.31. The molecule has 94 valence electrons. The van der Waals surface area contributed by atoms with Crippen molar-refractivity contribution in [2.45, 2.75) is 59.3 Å². The molecule has 2 fully saturated rings. The monoisotopic (exact) mass is 224 g/mol. The number of hydrogen-bond acceptors (Lipinski definition) is 1. The van der Waals surface area contributed by atoms with Crippen LogP contribution in [0.1, 0.15) is 59.3 Å². The summed E-state index contributed by atoms with van der Waals surface area (Å²) in [5.74, 6) is 3.42. The van der Waals surface area contributed by atoms with Gasteiger partial charge < -0.3 is 5.11 Å². The van der Waals surface area contributed by atoms with Crippen molar-refractivity contribution in [2.24, 2.45) is 29.1 Å². The minimum atomic E-state index is 0.381. The van der Waals surface area contributed by atoms with Gasteiger partial charge in [-0.15, -0.1) is 0 Å². The highest BCUT2D eigenvalue weighted by molar-refractivity contribution is 4.98. The van der Waals surface area contributed by atoms with Crippen LogP contribution >= 0.6 is 0 Å². The summed E-state index contributed by atoms with van der Waals surface area (Å²) in [4.78, 5) is 0. The van der Waals surface area contributed by atoms with E-state index in [1.807, 2.05) is 0 Å². The number of hydrogen-bond donors (Lipinski definition) is 1. The van der Waals surface area contributed by atoms with Gasteiger partial charge in [0.15, 0.2) is 0 Å². The Morgan fingerprint density at radius 3 is 2.56 bits per heavy atom. The minimum absolute atomic E-state index is 0.381. The smallest absolute Gasteiger partial charge is 0.0433 e. The Labute approximate surface area is 101 Å². The summed E-state index contributed by atoms with van der Waals surface area (Å²) >= 11 is 0. The van der Waals surface area contributed by atoms with Crippen LogP contribution in [0.4, 0.5) is 0 Å². The zero-order valence-corrected chi connectivity index (χ0v) is 11.2. The molecule has 0 aromatic heterocycles. The van der Waals surface area contributed by atoms with E-state index in [2.05, 4.69) is 20.8 Å². The van der Waals surface area contributed by atoms with Crippen LogP contribution in [0, 0.1) is 29.1 Å². The number of rotatable bonds is 2. The molecule has 1 nitrogen and oxygen atoms in total. The van der Waals surface area contributed by atoms with Gasteiger partial charge in [0.05, 0.1) is 0 Å². The molecule has 2 saturated carbocycles. The van der Waals surface area contributed by atoms with E-state index in [-0.39, 0.29) is 0 Å². The Kier molecular flexibility index (Phi) is 3.63. The lowest BCUT2D eigenvalue weighted by Gasteiger charge is -2.55. The summed E-state index contributed by atoms with van der Waals surface area (Å²) in [7, 11) is 0. The molecule has 0 saturated heterocycles. The van der Waals surface area contributed by atoms with Crippen LogP contribution in [-0.4, -0.2) is 11.7 Å². The number of aliphatic hydroxyl groups excluding tert-OH is 1. The topological polar surface area (TPSA) is 20.2 Å². The van der Waals surface area contributed by atoms with E-state index in [4.69, 9.17) is 0 Å². The maximum absolute atomic E-state index is 9.31. The first-order chi connectivity index (χ1) is 7.59. The van der Waals surface area contributed by atoms with Gasteiger partial charge in [-0.25, -0.2) is 0 Å². The first kappa shape index (κ1) is 12.4. The van der Waals surface area contributed by atoms with Crippen molar-refractivity contribution in [1.29, 1.82) is 0 Å². The van der Waals surface area contributed by atoms with Crippen LogP contribution in [0.5, 0.6) is 0 Å². The maximum atomic E-state index is 9.31. The second-order valence-electron chi connectivity index (χ2n) is 6.66. The SMILES string of the molecule is CC1CCC2C(C)CCCC2(C)C1CCO. The molecule has 0 radical (unpaired) electrons. The van der Waals surface area contributed by atoms with E-state index >= 15 is 0 Å². The van der Waals surface area contributed by atoms with Crippen molar-refractivity contribution in [1.82, 2.24) is 0 Å². The maximum Gasteiger partial charge on any atom is 0.0433 e. The van der Waals surface area contributed by atoms with Crippen molar-refractivity contribution in [3.8, 4) is 0 Å². The summed E-state index contributed by atoms with van der Waals surface area (Å²) in [5.41, 5.74) is 0.526. The molecule has 0 aromatic carbocycles. The summed E-state index contributed by atoms with van der Waals surface area (Å²) in [6, 6.07) is 0. The fraction of sp³-hybridized carbons (Fsp3) is 1.00. The van der Waals surface area contributed by atoms with Crippen LogP contribution in [0.25, 0.3) is 0 Å². The molecule has 0 bridgehead atoms. The van der Waals surface area contributed by atoms with Gasteiger partial charge in [-0.1, -0.05) is 40.0 Å². The predicted octanol–water partition coefficient (Wildman–Crippen LogP) is 3.86. The van der Waals surface area contributed by atoms with E-state index in [1.165, 1.54) is 32.1 Å². The Hall–Kier alpha value is -0.0400. The van der Waals surface area contributed by atoms with E-state index in [1.54, 1.807) is 0 Å². The molecule has 0 heterocycles. The molecular weight excluding hydrogens is 196 g/mol. The zero-order valence-electron chi connectivity index (χ0n) is 11.2. The van der Waals surface area contributed by atoms with Crippen molar-refractivity contribution < 1.29 is 5.11 Å². The minimum Gasteiger partial charge on any atom is -0.396 e. The normalized spacial score (nSPS) is 48.8. The van der Waals surface area contributed by atoms with Crippen molar-refractivity contribution >= 4 is 0 Å². The standard InChI is InChI=1S/C15H28O/c1-11-5-4-9-15(3)13(11)7-6-12(2)14(15)8-10-16/h11-14,16H,4-10H2,1-3H3. The highest BCUT2D eigenvalue weighted by Crippen LogP contribution is 2.57. The first-order valence-corrected chi connectivity index (χ1v) is 7.20. The van der Waals surface area contributed by atoms with Crippen LogP contribution in [0.2, 0.25) is 0 Å². The van der Waals surface area contributed by atoms with Crippen LogP contribution in [0.3, 0.4) is 0 Å². The molecule has 0 amide bonds. The first-order valence-electron chi connectivity index (χ1n) is 7.20. The molecule has 0 aromatic rings. The fourth-order valence-corrected chi connectivity index (χ4v) is 4.96. The van der Waals surface area contributed by atoms with Gasteiger partial charge in [0.1, 0.15) is 0 Å². The number of fused-ring (bicyclic) bond motifs is 1. The molecule has 2 aliphatic rings. The molecule has 1 heteroatoms. The van der Waals surface area contributed by atoms with Gasteiger partial charge in [0.25, 0.3) is 0 Å². The van der Waals surface area contributed by atoms with E-state index in [0.29, 0.717) is 12.0 Å². The van der Waals surface area contributed by atoms with Gasteiger partial charge in [0.2, 0.25) is 0 Å². The molecule has 2 rings (SSSR count). The van der Waals surface area contributed by atoms with E-state index in [0.717, 1.165) is 30.1 Å². The number of aliphatic hydroxyl groups is 1. The summed E-state index contributed by atoms with van der Waals surface area (Å²) in [6.45, 7) is 7.75. The van der Waals surface area contributed by atoms with Gasteiger partial charge >= 0.3 is 0 Å². The third kappa shape index (κ3) is 1.92. The summed E-state index contributed by atoms with van der Waals surface area (Å²) in [6.07, 6.45) is 8.08. The van der Waals surface area contributed by atoms with Crippen LogP contribution in [0.15, 0.2) is 0 Å². The Morgan fingerprint density at radius 2 is 1.88 bits per heavy atom. The van der Waals surface area contributed by atoms with Crippen molar-refractivity contribution in [3.05, 3.63) is 0 Å². The largest absolute Gasteiger partial charge is 0.396 e. The van der Waals surface area contributed by atoms with Crippen molar-refractivity contribution in [3.63, 3.8) is 0 Å². The molecule has 0 aliphatic heterocycles. The molecule has 0 spiro atoms. The lowest BCUT2D eigenvalue weighted by atomic mass is 9.50. The highest BCUT2D eigenvalue weighted by Gasteiger charge is 2.49. The molecule has 5 atom stereocenters. The van der Waals surface area contributed by atoms with Gasteiger partial charge in [-0.05, 0) is 48.3 Å². The van der Waals surface area contributed by atoms with Crippen LogP contribution < -0.4 is 0 Å². The average Bonchev–Trinajstić information content (AvgIpc) is 2.23. The van der Waals surface area contributed by atoms with Gasteiger partial charge in [0, 0.05) is 6.61 Å². The molecule has 1 N–H and O–H groups in total. The fourth-order valence-electron chi connectivity index (χ4n) is 4.96. The molecule has 16 heavy (non-hydrogen) atoms. The quantitative estimate of drug-likeness (QED) is 0.755. The molecule has 5 unspecified atom stereocenters. The van der Waals surface area contributed by atoms with E-state index in [9.17, 15) is 5.11 Å².